The van der Waals surface area contributed by atoms with Crippen LogP contribution in [0, 0.1) is 17.3 Å². The van der Waals surface area contributed by atoms with Crippen molar-refractivity contribution < 1.29 is 19.8 Å². The Labute approximate surface area is 125 Å². The molecule has 0 fully saturated rings. The Morgan fingerprint density at radius 3 is 1.53 bits per heavy atom. The van der Waals surface area contributed by atoms with Crippen molar-refractivity contribution in [3.8, 4) is 0 Å². The van der Waals surface area contributed by atoms with Crippen LogP contribution in [0.1, 0.15) is 47.0 Å². The number of carboxylic acid groups (broad SMARTS) is 2. The normalized spacial score (nSPS) is 11.4. The van der Waals surface area contributed by atoms with Crippen molar-refractivity contribution in [2.24, 2.45) is 17.3 Å². The molecule has 0 aromatic rings. The second kappa shape index (κ2) is 8.11. The predicted molar refractivity (Wildman–Crippen MR) is 68.4 cm³/mol. The Balaban J connectivity index is 0. The first-order chi connectivity index (χ1) is 7.19. The van der Waals surface area contributed by atoms with E-state index in [1.54, 1.807) is 0 Å². The first-order valence-electron chi connectivity index (χ1n) is 5.65. The van der Waals surface area contributed by atoms with Crippen LogP contribution in [0.25, 0.3) is 0 Å². The van der Waals surface area contributed by atoms with Gasteiger partial charge in [0.2, 0.25) is 0 Å². The van der Waals surface area contributed by atoms with Gasteiger partial charge in [0.1, 0.15) is 0 Å². The summed E-state index contributed by atoms with van der Waals surface area (Å²) in [4.78, 5) is 22.2. The van der Waals surface area contributed by atoms with Crippen molar-refractivity contribution in [1.29, 1.82) is 0 Å². The number of hydrogen-bond donors (Lipinski definition) is 2. The summed E-state index contributed by atoms with van der Waals surface area (Å²) >= 11 is 0. The fourth-order valence-corrected chi connectivity index (χ4v) is 2.33. The Bertz CT molecular complexity index is 251. The van der Waals surface area contributed by atoms with Crippen molar-refractivity contribution in [2.45, 2.75) is 47.0 Å². The van der Waals surface area contributed by atoms with Crippen LogP contribution in [0.15, 0.2) is 0 Å². The Morgan fingerprint density at radius 1 is 1.00 bits per heavy atom. The average molecular weight is 254 g/mol. The number of rotatable bonds is 7. The summed E-state index contributed by atoms with van der Waals surface area (Å²) in [7, 11) is 0. The molecule has 0 unspecified atom stereocenters. The van der Waals surface area contributed by atoms with E-state index in [-0.39, 0.29) is 47.8 Å². The fraction of sp³-hybridized carbons (Fsp3) is 0.833. The summed E-state index contributed by atoms with van der Waals surface area (Å²) in [6, 6.07) is 0. The zero-order chi connectivity index (χ0) is 12.9. The van der Waals surface area contributed by atoms with E-state index >= 15 is 0 Å². The predicted octanol–water partition coefficient (Wildman–Crippen LogP) is 1.98. The van der Waals surface area contributed by atoms with Crippen LogP contribution >= 0.6 is 0 Å². The van der Waals surface area contributed by atoms with Crippen LogP contribution in [0.5, 0.6) is 0 Å². The summed E-state index contributed by atoms with van der Waals surface area (Å²) in [5.74, 6) is -1.68. The third kappa shape index (κ3) is 7.06. The minimum atomic E-state index is -1.12. The second-order valence-electron chi connectivity index (χ2n) is 5.35. The van der Waals surface area contributed by atoms with E-state index < -0.39 is 17.4 Å². The average Bonchev–Trinajstić information content (AvgIpc) is 1.98. The molecule has 0 spiro atoms. The maximum atomic E-state index is 11.4. The van der Waals surface area contributed by atoms with E-state index in [0.717, 1.165) is 0 Å². The topological polar surface area (TPSA) is 74.6 Å². The van der Waals surface area contributed by atoms with E-state index in [9.17, 15) is 14.7 Å². The molecule has 0 amide bonds. The Morgan fingerprint density at radius 2 is 1.35 bits per heavy atom. The Kier molecular flexibility index (Phi) is 9.20. The van der Waals surface area contributed by atoms with E-state index in [1.807, 2.05) is 27.7 Å². The molecule has 4 nitrogen and oxygen atoms in total. The first kappa shape index (κ1) is 19.3. The molecule has 0 radical (unpaired) electrons. The van der Waals surface area contributed by atoms with Crippen LogP contribution in [-0.4, -0.2) is 51.7 Å². The van der Waals surface area contributed by atoms with Crippen molar-refractivity contribution in [3.05, 3.63) is 0 Å². The van der Waals surface area contributed by atoms with Crippen LogP contribution < -0.4 is 0 Å². The monoisotopic (exact) mass is 254 g/mol. The van der Waals surface area contributed by atoms with Gasteiger partial charge in [-0.15, -0.1) is 0 Å². The number of aliphatic carboxylic acids is 2. The third-order valence-electron chi connectivity index (χ3n) is 2.54. The molecule has 0 rings (SSSR count). The quantitative estimate of drug-likeness (QED) is 0.681. The number of carbonyl (C=O) groups is 2. The molecule has 0 saturated heterocycles. The molecule has 2 N–H and O–H groups in total. The van der Waals surface area contributed by atoms with Crippen LogP contribution in [-0.2, 0) is 9.59 Å². The van der Waals surface area contributed by atoms with Crippen molar-refractivity contribution in [2.75, 3.05) is 0 Å². The summed E-state index contributed by atoms with van der Waals surface area (Å²) in [5.41, 5.74) is -1.12. The molecule has 96 valence electrons. The van der Waals surface area contributed by atoms with Gasteiger partial charge in [0.05, 0.1) is 11.8 Å². The van der Waals surface area contributed by atoms with Gasteiger partial charge in [-0.3, -0.25) is 9.59 Å². The molecular weight excluding hydrogens is 231 g/mol. The third-order valence-corrected chi connectivity index (χ3v) is 2.54. The zero-order valence-corrected chi connectivity index (χ0v) is 10.5. The second-order valence-corrected chi connectivity index (χ2v) is 5.35. The van der Waals surface area contributed by atoms with Gasteiger partial charge in [-0.2, -0.15) is 0 Å². The summed E-state index contributed by atoms with van der Waals surface area (Å²) in [5, 5.41) is 18.2. The molecule has 0 aliphatic carbocycles. The standard InChI is InChI=1S/C12H22O4.Na.H/c1-8(2)5-12(11(15)16,6-9(3)4)7-10(13)14;;/h8-9H,5-7H2,1-4H3,(H,13,14)(H,15,16);;. The van der Waals surface area contributed by atoms with Gasteiger partial charge in [-0.1, -0.05) is 27.7 Å². The molecule has 0 heterocycles. The molecular formula is C12H23NaO4. The van der Waals surface area contributed by atoms with E-state index in [4.69, 9.17) is 5.11 Å². The van der Waals surface area contributed by atoms with Gasteiger partial charge in [0.15, 0.2) is 0 Å². The van der Waals surface area contributed by atoms with Crippen LogP contribution in [0.4, 0.5) is 0 Å². The molecule has 0 aliphatic rings. The van der Waals surface area contributed by atoms with E-state index in [2.05, 4.69) is 0 Å². The van der Waals surface area contributed by atoms with Gasteiger partial charge < -0.3 is 10.2 Å². The van der Waals surface area contributed by atoms with Gasteiger partial charge >= 0.3 is 41.5 Å². The molecule has 5 heteroatoms. The molecule has 0 bridgehead atoms. The Hall–Kier alpha value is -0.0600. The van der Waals surface area contributed by atoms with Gasteiger partial charge in [0.25, 0.3) is 0 Å². The van der Waals surface area contributed by atoms with Crippen LogP contribution in [0.2, 0.25) is 0 Å². The van der Waals surface area contributed by atoms with Gasteiger partial charge in [-0.05, 0) is 24.7 Å². The van der Waals surface area contributed by atoms with Gasteiger partial charge in [0, 0.05) is 0 Å². The van der Waals surface area contributed by atoms with Gasteiger partial charge in [-0.25, -0.2) is 0 Å². The van der Waals surface area contributed by atoms with E-state index in [1.165, 1.54) is 0 Å². The molecule has 0 aromatic heterocycles. The van der Waals surface area contributed by atoms with Crippen molar-refractivity contribution in [3.63, 3.8) is 0 Å². The fourth-order valence-electron chi connectivity index (χ4n) is 2.33. The molecule has 0 atom stereocenters. The summed E-state index contributed by atoms with van der Waals surface area (Å²) < 4.78 is 0. The zero-order valence-electron chi connectivity index (χ0n) is 10.5. The SMILES string of the molecule is CC(C)CC(CC(=O)O)(CC(C)C)C(=O)O.[NaH]. The molecule has 17 heavy (non-hydrogen) atoms. The molecule has 0 aliphatic heterocycles. The number of hydrogen-bond acceptors (Lipinski definition) is 2. The summed E-state index contributed by atoms with van der Waals surface area (Å²) in [6.45, 7) is 7.67. The first-order valence-corrected chi connectivity index (χ1v) is 5.65. The molecule has 0 aromatic carbocycles. The van der Waals surface area contributed by atoms with Crippen molar-refractivity contribution >= 4 is 41.5 Å². The van der Waals surface area contributed by atoms with Crippen molar-refractivity contribution in [1.82, 2.24) is 0 Å². The maximum absolute atomic E-state index is 11.4. The minimum absolute atomic E-state index is 0. The van der Waals surface area contributed by atoms with E-state index in [0.29, 0.717) is 12.8 Å². The number of carboxylic acids is 2. The summed E-state index contributed by atoms with van der Waals surface area (Å²) in [6.07, 6.45) is 0.526. The van der Waals surface area contributed by atoms with Crippen LogP contribution in [0.3, 0.4) is 0 Å². The molecule has 0 saturated carbocycles.